The first-order valence-electron chi connectivity index (χ1n) is 4.23. The Labute approximate surface area is 91.4 Å². The van der Waals surface area contributed by atoms with E-state index in [0.717, 1.165) is 24.5 Å². The number of rotatable bonds is 1. The maximum Gasteiger partial charge on any atom is 0.122 e. The third-order valence-corrected chi connectivity index (χ3v) is 2.93. The number of hydrogen-bond acceptors (Lipinski definition) is 2. The number of hydrogen-bond donors (Lipinski definition) is 0. The standard InChI is InChI=1S/C10H11IO2/c1-12-9-2-3-10-7(5-9)4-8(11)6-13-10/h2-3,5,8H,4,6H2,1H3. The topological polar surface area (TPSA) is 18.5 Å². The lowest BCUT2D eigenvalue weighted by Crippen LogP contribution is -2.20. The van der Waals surface area contributed by atoms with Gasteiger partial charge in [0.25, 0.3) is 0 Å². The fourth-order valence-corrected chi connectivity index (χ4v) is 2.12. The van der Waals surface area contributed by atoms with Crippen LogP contribution >= 0.6 is 22.6 Å². The van der Waals surface area contributed by atoms with E-state index in [1.807, 2.05) is 12.1 Å². The van der Waals surface area contributed by atoms with Gasteiger partial charge in [0.15, 0.2) is 0 Å². The first kappa shape index (κ1) is 9.12. The van der Waals surface area contributed by atoms with Crippen LogP contribution in [0.3, 0.4) is 0 Å². The van der Waals surface area contributed by atoms with Crippen LogP contribution in [0.5, 0.6) is 11.5 Å². The van der Waals surface area contributed by atoms with E-state index in [1.54, 1.807) is 7.11 Å². The maximum atomic E-state index is 5.57. The Kier molecular flexibility index (Phi) is 2.62. The minimum absolute atomic E-state index is 0.581. The molecule has 1 aliphatic heterocycles. The van der Waals surface area contributed by atoms with E-state index in [9.17, 15) is 0 Å². The van der Waals surface area contributed by atoms with Gasteiger partial charge >= 0.3 is 0 Å². The molecule has 0 N–H and O–H groups in total. The molecule has 1 aliphatic rings. The van der Waals surface area contributed by atoms with Gasteiger partial charge in [-0.2, -0.15) is 0 Å². The van der Waals surface area contributed by atoms with E-state index in [1.165, 1.54) is 5.56 Å². The summed E-state index contributed by atoms with van der Waals surface area (Å²) in [6.07, 6.45) is 1.08. The third kappa shape index (κ3) is 1.90. The lowest BCUT2D eigenvalue weighted by Gasteiger charge is -2.21. The van der Waals surface area contributed by atoms with Gasteiger partial charge in [-0.15, -0.1) is 0 Å². The van der Waals surface area contributed by atoms with E-state index in [2.05, 4.69) is 28.7 Å². The van der Waals surface area contributed by atoms with E-state index in [-0.39, 0.29) is 0 Å². The van der Waals surface area contributed by atoms with Crippen LogP contribution in [0.15, 0.2) is 18.2 Å². The summed E-state index contributed by atoms with van der Waals surface area (Å²) in [5.41, 5.74) is 1.25. The number of methoxy groups -OCH3 is 1. The van der Waals surface area contributed by atoms with E-state index in [0.29, 0.717) is 3.92 Å². The molecule has 3 heteroatoms. The lowest BCUT2D eigenvalue weighted by molar-refractivity contribution is 0.298. The molecule has 1 aromatic carbocycles. The lowest BCUT2D eigenvalue weighted by atomic mass is 10.1. The van der Waals surface area contributed by atoms with Crippen molar-refractivity contribution in [3.63, 3.8) is 0 Å². The van der Waals surface area contributed by atoms with Gasteiger partial charge in [0.05, 0.1) is 7.11 Å². The van der Waals surface area contributed by atoms with Gasteiger partial charge in [0, 0.05) is 3.92 Å². The van der Waals surface area contributed by atoms with Gasteiger partial charge in [-0.3, -0.25) is 0 Å². The molecule has 0 fully saturated rings. The van der Waals surface area contributed by atoms with Crippen molar-refractivity contribution in [2.75, 3.05) is 13.7 Å². The minimum atomic E-state index is 0.581. The Morgan fingerprint density at radius 1 is 1.54 bits per heavy atom. The molecule has 0 aromatic heterocycles. The summed E-state index contributed by atoms with van der Waals surface area (Å²) in [5, 5.41) is 0. The molecule has 0 saturated carbocycles. The first-order chi connectivity index (χ1) is 6.29. The summed E-state index contributed by atoms with van der Waals surface area (Å²) >= 11 is 2.41. The van der Waals surface area contributed by atoms with Crippen molar-refractivity contribution >= 4 is 22.6 Å². The quantitative estimate of drug-likeness (QED) is 0.584. The molecule has 0 radical (unpaired) electrons. The summed E-state index contributed by atoms with van der Waals surface area (Å²) in [7, 11) is 1.69. The second kappa shape index (κ2) is 3.74. The van der Waals surface area contributed by atoms with Gasteiger partial charge in [-0.25, -0.2) is 0 Å². The second-order valence-electron chi connectivity index (χ2n) is 3.09. The van der Waals surface area contributed by atoms with Crippen LogP contribution in [0.25, 0.3) is 0 Å². The first-order valence-corrected chi connectivity index (χ1v) is 5.48. The van der Waals surface area contributed by atoms with Gasteiger partial charge in [-0.1, -0.05) is 22.6 Å². The zero-order chi connectivity index (χ0) is 9.26. The van der Waals surface area contributed by atoms with Gasteiger partial charge in [-0.05, 0) is 30.2 Å². The Bertz CT molecular complexity index is 312. The van der Waals surface area contributed by atoms with Crippen molar-refractivity contribution in [3.8, 4) is 11.5 Å². The number of fused-ring (bicyclic) bond motifs is 1. The summed E-state index contributed by atoms with van der Waals surface area (Å²) in [5.74, 6) is 1.92. The molecule has 70 valence electrons. The van der Waals surface area contributed by atoms with Crippen LogP contribution in [0.1, 0.15) is 5.56 Å². The summed E-state index contributed by atoms with van der Waals surface area (Å²) < 4.78 is 11.3. The Morgan fingerprint density at radius 3 is 3.15 bits per heavy atom. The minimum Gasteiger partial charge on any atom is -0.497 e. The highest BCUT2D eigenvalue weighted by atomic mass is 127. The molecule has 0 saturated heterocycles. The highest BCUT2D eigenvalue weighted by Gasteiger charge is 2.17. The predicted molar refractivity (Wildman–Crippen MR) is 60.0 cm³/mol. The SMILES string of the molecule is COc1ccc2c(c1)CC(I)CO2. The molecule has 0 spiro atoms. The normalized spacial score (nSPS) is 20.3. The molecule has 0 bridgehead atoms. The Balaban J connectivity index is 2.32. The fraction of sp³-hybridized carbons (Fsp3) is 0.400. The molecule has 0 aliphatic carbocycles. The average Bonchev–Trinajstić information content (AvgIpc) is 2.16. The monoisotopic (exact) mass is 290 g/mol. The van der Waals surface area contributed by atoms with Gasteiger partial charge < -0.3 is 9.47 Å². The molecule has 1 heterocycles. The number of ether oxygens (including phenoxy) is 2. The summed E-state index contributed by atoms with van der Waals surface area (Å²) in [6.45, 7) is 0.819. The van der Waals surface area contributed by atoms with Crippen LogP contribution in [0, 0.1) is 0 Å². The highest BCUT2D eigenvalue weighted by molar-refractivity contribution is 14.1. The summed E-state index contributed by atoms with van der Waals surface area (Å²) in [4.78, 5) is 0. The molecular formula is C10H11IO2. The van der Waals surface area contributed by atoms with E-state index in [4.69, 9.17) is 9.47 Å². The average molecular weight is 290 g/mol. The van der Waals surface area contributed by atoms with Crippen molar-refractivity contribution in [3.05, 3.63) is 23.8 Å². The molecule has 1 atom stereocenters. The van der Waals surface area contributed by atoms with E-state index >= 15 is 0 Å². The van der Waals surface area contributed by atoms with Crippen molar-refractivity contribution in [2.45, 2.75) is 10.3 Å². The second-order valence-corrected chi connectivity index (χ2v) is 4.85. The van der Waals surface area contributed by atoms with Crippen molar-refractivity contribution in [1.82, 2.24) is 0 Å². The molecule has 2 nitrogen and oxygen atoms in total. The molecular weight excluding hydrogens is 279 g/mol. The molecule has 0 amide bonds. The van der Waals surface area contributed by atoms with Crippen LogP contribution in [-0.2, 0) is 6.42 Å². The largest absolute Gasteiger partial charge is 0.497 e. The van der Waals surface area contributed by atoms with Crippen molar-refractivity contribution in [2.24, 2.45) is 0 Å². The van der Waals surface area contributed by atoms with Crippen molar-refractivity contribution in [1.29, 1.82) is 0 Å². The highest BCUT2D eigenvalue weighted by Crippen LogP contribution is 2.30. The van der Waals surface area contributed by atoms with Crippen LogP contribution in [0.4, 0.5) is 0 Å². The fourth-order valence-electron chi connectivity index (χ4n) is 1.46. The number of alkyl halides is 1. The van der Waals surface area contributed by atoms with Gasteiger partial charge in [0.2, 0.25) is 0 Å². The third-order valence-electron chi connectivity index (χ3n) is 2.13. The Hall–Kier alpha value is -0.450. The number of benzene rings is 1. The van der Waals surface area contributed by atoms with Gasteiger partial charge in [0.1, 0.15) is 18.1 Å². The predicted octanol–water partition coefficient (Wildman–Crippen LogP) is 2.43. The van der Waals surface area contributed by atoms with Crippen LogP contribution < -0.4 is 9.47 Å². The van der Waals surface area contributed by atoms with Crippen molar-refractivity contribution < 1.29 is 9.47 Å². The maximum absolute atomic E-state index is 5.57. The smallest absolute Gasteiger partial charge is 0.122 e. The zero-order valence-corrected chi connectivity index (χ0v) is 9.58. The van der Waals surface area contributed by atoms with E-state index < -0.39 is 0 Å². The number of halogens is 1. The Morgan fingerprint density at radius 2 is 2.38 bits per heavy atom. The van der Waals surface area contributed by atoms with Crippen LogP contribution in [-0.4, -0.2) is 17.6 Å². The summed E-state index contributed by atoms with van der Waals surface area (Å²) in [6, 6.07) is 5.98. The molecule has 1 unspecified atom stereocenters. The molecule has 1 aromatic rings. The molecule has 2 rings (SSSR count). The zero-order valence-electron chi connectivity index (χ0n) is 7.42. The molecule has 13 heavy (non-hydrogen) atoms. The van der Waals surface area contributed by atoms with Crippen LogP contribution in [0.2, 0.25) is 0 Å².